The molecule has 0 aliphatic carbocycles. The summed E-state index contributed by atoms with van der Waals surface area (Å²) >= 11 is 0. The van der Waals surface area contributed by atoms with Crippen LogP contribution in [0, 0.1) is 0 Å². The Bertz CT molecular complexity index is 2680. The molecule has 2 aliphatic heterocycles. The molecule has 0 unspecified atom stereocenters. The van der Waals surface area contributed by atoms with Crippen LogP contribution in [0.15, 0.2) is 94.7 Å². The number of aryl methyl sites for hydroxylation is 2. The van der Waals surface area contributed by atoms with E-state index in [0.29, 0.717) is 25.0 Å². The highest BCUT2D eigenvalue weighted by molar-refractivity contribution is 7.87. The lowest BCUT2D eigenvalue weighted by Crippen LogP contribution is -2.55. The molecule has 4 aromatic rings. The normalized spacial score (nSPS) is 14.3. The van der Waals surface area contributed by atoms with Gasteiger partial charge >= 0.3 is 32.6 Å². The molecule has 0 radical (unpaired) electrons. The standard InChI is InChI=1S/C55H64F6N2O10S2/c1-3-5-7-9-11-13-15-17-19-21-23-39-25-31-43(32-26-39)74(68,69)72-62-49(64)45-35-29-41(37-47(45)51(62)66)53(54(56,57)58,55(59,60)61)42-30-36-46-48(38-42)52(67)63(50(46)65)73-75(70,71)44-33-27-40(28-34-44)24-22-20-18-16-14-12-10-8-6-4-2/h25-38H,3-24H2,1-2H3. The number of alkyl halides is 6. The maximum Gasteiger partial charge on any atom is 0.411 e. The van der Waals surface area contributed by atoms with E-state index >= 15 is 26.3 Å². The monoisotopic (exact) mass is 1090 g/mol. The zero-order valence-electron chi connectivity index (χ0n) is 42.2. The minimum atomic E-state index is -6.33. The average Bonchev–Trinajstić information content (AvgIpc) is 3.73. The van der Waals surface area contributed by atoms with Gasteiger partial charge in [-0.3, -0.25) is 19.2 Å². The molecule has 0 fully saturated rings. The average molecular weight is 1090 g/mol. The molecule has 20 heteroatoms. The number of benzene rings is 4. The van der Waals surface area contributed by atoms with Crippen LogP contribution >= 0.6 is 0 Å². The minimum absolute atomic E-state index is 0.125. The number of imide groups is 2. The fraction of sp³-hybridized carbons (Fsp3) is 0.491. The summed E-state index contributed by atoms with van der Waals surface area (Å²) in [4.78, 5) is 52.8. The second-order valence-corrected chi connectivity index (χ2v) is 22.3. The van der Waals surface area contributed by atoms with Crippen molar-refractivity contribution < 1.29 is 70.9 Å². The molecule has 0 atom stereocenters. The molecule has 408 valence electrons. The van der Waals surface area contributed by atoms with E-state index in [1.165, 1.54) is 126 Å². The molecule has 0 bridgehead atoms. The Labute approximate surface area is 435 Å². The number of carbonyl (C=O) groups is 4. The molecular weight excluding hydrogens is 1030 g/mol. The molecule has 2 heterocycles. The minimum Gasteiger partial charge on any atom is -0.266 e. The van der Waals surface area contributed by atoms with E-state index < -0.39 is 105 Å². The van der Waals surface area contributed by atoms with Crippen LogP contribution in [0.25, 0.3) is 0 Å². The first-order valence-electron chi connectivity index (χ1n) is 25.9. The van der Waals surface area contributed by atoms with Gasteiger partial charge in [-0.25, -0.2) is 0 Å². The summed E-state index contributed by atoms with van der Waals surface area (Å²) in [6.07, 6.45) is 11.1. The largest absolute Gasteiger partial charge is 0.411 e. The van der Waals surface area contributed by atoms with Crippen molar-refractivity contribution in [3.05, 3.63) is 129 Å². The van der Waals surface area contributed by atoms with Gasteiger partial charge in [0.25, 0.3) is 23.6 Å². The van der Waals surface area contributed by atoms with Crippen molar-refractivity contribution >= 4 is 43.9 Å². The zero-order valence-corrected chi connectivity index (χ0v) is 43.8. The molecular formula is C55H64F6N2O10S2. The fourth-order valence-corrected chi connectivity index (χ4v) is 11.4. The number of fused-ring (bicyclic) bond motifs is 2. The lowest BCUT2D eigenvalue weighted by molar-refractivity contribution is -0.288. The van der Waals surface area contributed by atoms with Gasteiger partial charge in [-0.05, 0) is 96.5 Å². The second-order valence-electron chi connectivity index (χ2n) is 19.3. The summed E-state index contributed by atoms with van der Waals surface area (Å²) in [7, 11) is -9.92. The topological polar surface area (TPSA) is 161 Å². The van der Waals surface area contributed by atoms with Crippen LogP contribution in [0.1, 0.15) is 206 Å². The second kappa shape index (κ2) is 25.6. The third-order valence-electron chi connectivity index (χ3n) is 13.8. The number of nitrogens with zero attached hydrogens (tertiary/aromatic N) is 2. The van der Waals surface area contributed by atoms with Crippen molar-refractivity contribution in [3.8, 4) is 0 Å². The summed E-state index contributed by atoms with van der Waals surface area (Å²) < 4.78 is 156. The van der Waals surface area contributed by atoms with E-state index in [2.05, 4.69) is 13.8 Å². The Morgan fingerprint density at radius 1 is 0.387 bits per heavy atom. The van der Waals surface area contributed by atoms with Crippen molar-refractivity contribution in [1.82, 2.24) is 10.1 Å². The molecule has 4 amide bonds. The van der Waals surface area contributed by atoms with Gasteiger partial charge in [0.05, 0.1) is 32.0 Å². The summed E-state index contributed by atoms with van der Waals surface area (Å²) in [5, 5.41) is -0.555. The molecule has 0 saturated heterocycles. The molecule has 0 aromatic heterocycles. The van der Waals surface area contributed by atoms with Gasteiger partial charge in [-0.2, -0.15) is 43.2 Å². The quantitative estimate of drug-likeness (QED) is 0.0279. The van der Waals surface area contributed by atoms with Gasteiger partial charge in [0, 0.05) is 0 Å². The summed E-state index contributed by atoms with van der Waals surface area (Å²) in [5.41, 5.74) is -10.6. The predicted molar refractivity (Wildman–Crippen MR) is 267 cm³/mol. The number of unbranched alkanes of at least 4 members (excludes halogenated alkanes) is 18. The van der Waals surface area contributed by atoms with E-state index in [0.717, 1.165) is 62.5 Å². The van der Waals surface area contributed by atoms with Gasteiger partial charge in [0.15, 0.2) is 0 Å². The first kappa shape index (κ1) is 58.8. The Morgan fingerprint density at radius 3 is 0.960 bits per heavy atom. The summed E-state index contributed by atoms with van der Waals surface area (Å²) in [6, 6.07) is 12.5. The van der Waals surface area contributed by atoms with E-state index in [4.69, 9.17) is 8.57 Å². The number of hydroxylamine groups is 4. The van der Waals surface area contributed by atoms with Crippen LogP contribution in [0.2, 0.25) is 0 Å². The third kappa shape index (κ3) is 13.8. The lowest BCUT2D eigenvalue weighted by atomic mass is 9.71. The molecule has 0 N–H and O–H groups in total. The van der Waals surface area contributed by atoms with Crippen molar-refractivity contribution in [3.63, 3.8) is 0 Å². The molecule has 75 heavy (non-hydrogen) atoms. The summed E-state index contributed by atoms with van der Waals surface area (Å²) in [5.74, 6) is -6.37. The van der Waals surface area contributed by atoms with Crippen LogP contribution in [-0.4, -0.2) is 62.9 Å². The molecule has 0 spiro atoms. The number of rotatable bonds is 30. The molecule has 12 nitrogen and oxygen atoms in total. The van der Waals surface area contributed by atoms with E-state index in [9.17, 15) is 36.0 Å². The number of halogens is 6. The van der Waals surface area contributed by atoms with Crippen molar-refractivity contribution in [2.45, 2.75) is 183 Å². The maximum absolute atomic E-state index is 15.4. The van der Waals surface area contributed by atoms with Crippen molar-refractivity contribution in [2.75, 3.05) is 0 Å². The first-order valence-corrected chi connectivity index (χ1v) is 28.7. The molecule has 2 aliphatic rings. The Kier molecular flexibility index (Phi) is 20.1. The smallest absolute Gasteiger partial charge is 0.266 e. The van der Waals surface area contributed by atoms with Crippen LogP contribution in [0.5, 0.6) is 0 Å². The highest BCUT2D eigenvalue weighted by Gasteiger charge is 2.73. The van der Waals surface area contributed by atoms with Gasteiger partial charge in [-0.15, -0.1) is 18.7 Å². The highest BCUT2D eigenvalue weighted by atomic mass is 32.2. The van der Waals surface area contributed by atoms with Crippen LogP contribution in [0.4, 0.5) is 26.3 Å². The van der Waals surface area contributed by atoms with Gasteiger partial charge in [-0.1, -0.05) is 166 Å². The summed E-state index contributed by atoms with van der Waals surface area (Å²) in [6.45, 7) is 4.34. The SMILES string of the molecule is CCCCCCCCCCCCc1ccc(S(=O)(=O)ON2C(=O)c3ccc(C(c4ccc5c(c4)C(=O)N(OS(=O)(=O)c4ccc(CCCCCCCCCCCC)cc4)C5=O)(C(F)(F)F)C(F)(F)F)cc3C2=O)cc1. The van der Waals surface area contributed by atoms with Crippen LogP contribution < -0.4 is 0 Å². The van der Waals surface area contributed by atoms with Gasteiger partial charge in [0.1, 0.15) is 0 Å². The number of hydrogen-bond donors (Lipinski definition) is 0. The molecule has 0 saturated carbocycles. The van der Waals surface area contributed by atoms with Gasteiger partial charge < -0.3 is 0 Å². The Hall–Kier alpha value is -5.44. The van der Waals surface area contributed by atoms with Gasteiger partial charge in [0.2, 0.25) is 5.41 Å². The van der Waals surface area contributed by atoms with Crippen molar-refractivity contribution in [2.24, 2.45) is 0 Å². The van der Waals surface area contributed by atoms with E-state index in [1.54, 1.807) is 0 Å². The lowest BCUT2D eigenvalue weighted by Gasteiger charge is -2.38. The molecule has 4 aromatic carbocycles. The van der Waals surface area contributed by atoms with E-state index in [1.807, 2.05) is 0 Å². The molecule has 6 rings (SSSR count). The first-order chi connectivity index (χ1) is 35.6. The van der Waals surface area contributed by atoms with Crippen molar-refractivity contribution in [1.29, 1.82) is 0 Å². The maximum atomic E-state index is 15.4. The van der Waals surface area contributed by atoms with Crippen LogP contribution in [0.3, 0.4) is 0 Å². The fourth-order valence-electron chi connectivity index (χ4n) is 9.58. The highest BCUT2D eigenvalue weighted by Crippen LogP contribution is 2.57. The Morgan fingerprint density at radius 2 is 0.667 bits per heavy atom. The number of hydrogen-bond acceptors (Lipinski definition) is 10. The number of carbonyl (C=O) groups excluding carboxylic acids is 4. The van der Waals surface area contributed by atoms with E-state index in [-0.39, 0.29) is 34.4 Å². The third-order valence-corrected chi connectivity index (χ3v) is 16.2. The predicted octanol–water partition coefficient (Wildman–Crippen LogP) is 13.9. The zero-order chi connectivity index (χ0) is 54.6. The Balaban J connectivity index is 1.13. The number of amides is 4. The van der Waals surface area contributed by atoms with Crippen LogP contribution in [-0.2, 0) is 47.1 Å².